The number of thioether (sulfide) groups is 1. The molecule has 6 heteroatoms. The third-order valence-corrected chi connectivity index (χ3v) is 4.70. The predicted molar refractivity (Wildman–Crippen MR) is 78.0 cm³/mol. The third kappa shape index (κ3) is 5.64. The van der Waals surface area contributed by atoms with Gasteiger partial charge in [-0.2, -0.15) is 5.26 Å². The lowest BCUT2D eigenvalue weighted by Crippen LogP contribution is -2.30. The Morgan fingerprint density at radius 1 is 1.37 bits per heavy atom. The fourth-order valence-electron chi connectivity index (χ4n) is 1.42. The molecule has 1 aromatic carbocycles. The summed E-state index contributed by atoms with van der Waals surface area (Å²) >= 11 is 1.54. The molecule has 0 saturated carbocycles. The molecule has 104 valence electrons. The molecule has 1 aromatic rings. The number of hydrogen-bond acceptors (Lipinski definition) is 5. The van der Waals surface area contributed by atoms with E-state index in [9.17, 15) is 8.42 Å². The van der Waals surface area contributed by atoms with Crippen molar-refractivity contribution >= 4 is 21.6 Å². The van der Waals surface area contributed by atoms with Gasteiger partial charge in [-0.25, -0.2) is 8.42 Å². The van der Waals surface area contributed by atoms with Gasteiger partial charge in [0.15, 0.2) is 9.84 Å². The SMILES string of the molecule is CCCNC(C#N)CSc1ccc(S(C)(=O)=O)cc1. The summed E-state index contributed by atoms with van der Waals surface area (Å²) < 4.78 is 22.6. The molecule has 0 aliphatic carbocycles. The van der Waals surface area contributed by atoms with Gasteiger partial charge in [0.2, 0.25) is 0 Å². The summed E-state index contributed by atoms with van der Waals surface area (Å²) in [5, 5.41) is 12.1. The van der Waals surface area contributed by atoms with E-state index >= 15 is 0 Å². The maximum atomic E-state index is 11.3. The fourth-order valence-corrected chi connectivity index (χ4v) is 2.93. The number of rotatable bonds is 7. The zero-order valence-corrected chi connectivity index (χ0v) is 12.7. The molecule has 1 rings (SSSR count). The van der Waals surface area contributed by atoms with Crippen LogP contribution in [0.15, 0.2) is 34.1 Å². The number of hydrogen-bond donors (Lipinski definition) is 1. The van der Waals surface area contributed by atoms with Crippen molar-refractivity contribution in [2.45, 2.75) is 29.2 Å². The Labute approximate surface area is 119 Å². The first kappa shape index (κ1) is 16.0. The van der Waals surface area contributed by atoms with E-state index in [2.05, 4.69) is 18.3 Å². The largest absolute Gasteiger partial charge is 0.301 e. The molecule has 0 saturated heterocycles. The van der Waals surface area contributed by atoms with Gasteiger partial charge in [0, 0.05) is 16.9 Å². The van der Waals surface area contributed by atoms with Gasteiger partial charge in [-0.3, -0.25) is 0 Å². The molecule has 19 heavy (non-hydrogen) atoms. The van der Waals surface area contributed by atoms with Gasteiger partial charge in [0.25, 0.3) is 0 Å². The Bertz CT molecular complexity index is 533. The Hall–Kier alpha value is -1.03. The lowest BCUT2D eigenvalue weighted by molar-refractivity contribution is 0.602. The van der Waals surface area contributed by atoms with E-state index in [1.165, 1.54) is 6.26 Å². The highest BCUT2D eigenvalue weighted by Gasteiger charge is 2.09. The highest BCUT2D eigenvalue weighted by Crippen LogP contribution is 2.20. The monoisotopic (exact) mass is 298 g/mol. The number of nitriles is 1. The predicted octanol–water partition coefficient (Wildman–Crippen LogP) is 2.07. The van der Waals surface area contributed by atoms with Crippen molar-refractivity contribution in [2.75, 3.05) is 18.6 Å². The van der Waals surface area contributed by atoms with Crippen molar-refractivity contribution in [2.24, 2.45) is 0 Å². The topological polar surface area (TPSA) is 70.0 Å². The van der Waals surface area contributed by atoms with Crippen LogP contribution in [0.1, 0.15) is 13.3 Å². The van der Waals surface area contributed by atoms with Gasteiger partial charge in [0.05, 0.1) is 11.0 Å². The highest BCUT2D eigenvalue weighted by molar-refractivity contribution is 7.99. The minimum absolute atomic E-state index is 0.181. The minimum atomic E-state index is -3.14. The van der Waals surface area contributed by atoms with Gasteiger partial charge in [-0.15, -0.1) is 11.8 Å². The van der Waals surface area contributed by atoms with Crippen molar-refractivity contribution in [1.29, 1.82) is 5.26 Å². The molecule has 0 aliphatic rings. The second-order valence-corrected chi connectivity index (χ2v) is 7.30. The van der Waals surface area contributed by atoms with Gasteiger partial charge in [-0.05, 0) is 37.2 Å². The zero-order valence-electron chi connectivity index (χ0n) is 11.1. The van der Waals surface area contributed by atoms with Crippen LogP contribution in [0.25, 0.3) is 0 Å². The molecule has 1 atom stereocenters. The first-order valence-corrected chi connectivity index (χ1v) is 8.91. The summed E-state index contributed by atoms with van der Waals surface area (Å²) in [7, 11) is -3.14. The van der Waals surface area contributed by atoms with Crippen molar-refractivity contribution in [3.8, 4) is 6.07 Å². The third-order valence-electron chi connectivity index (χ3n) is 2.47. The maximum Gasteiger partial charge on any atom is 0.175 e. The Kier molecular flexibility index (Phi) is 6.35. The minimum Gasteiger partial charge on any atom is -0.301 e. The van der Waals surface area contributed by atoms with E-state index in [0.717, 1.165) is 17.9 Å². The van der Waals surface area contributed by atoms with Crippen LogP contribution in [0, 0.1) is 11.3 Å². The van der Waals surface area contributed by atoms with Crippen LogP contribution in [-0.4, -0.2) is 33.0 Å². The smallest absolute Gasteiger partial charge is 0.175 e. The fraction of sp³-hybridized carbons (Fsp3) is 0.462. The molecule has 0 spiro atoms. The zero-order chi connectivity index (χ0) is 14.3. The van der Waals surface area contributed by atoms with Crippen molar-refractivity contribution in [3.63, 3.8) is 0 Å². The first-order valence-electron chi connectivity index (χ1n) is 6.03. The summed E-state index contributed by atoms with van der Waals surface area (Å²) in [6.45, 7) is 2.88. The quantitative estimate of drug-likeness (QED) is 0.780. The van der Waals surface area contributed by atoms with Crippen molar-refractivity contribution in [1.82, 2.24) is 5.32 Å². The molecule has 1 N–H and O–H groups in total. The molecule has 1 unspecified atom stereocenters. The molecule has 0 amide bonds. The lowest BCUT2D eigenvalue weighted by Gasteiger charge is -2.10. The summed E-state index contributed by atoms with van der Waals surface area (Å²) in [5.41, 5.74) is 0. The average Bonchev–Trinajstić information content (AvgIpc) is 2.38. The van der Waals surface area contributed by atoms with E-state index < -0.39 is 9.84 Å². The van der Waals surface area contributed by atoms with E-state index in [1.807, 2.05) is 0 Å². The van der Waals surface area contributed by atoms with Crippen LogP contribution in [0.4, 0.5) is 0 Å². The van der Waals surface area contributed by atoms with E-state index in [-0.39, 0.29) is 6.04 Å². The highest BCUT2D eigenvalue weighted by atomic mass is 32.2. The van der Waals surface area contributed by atoms with Gasteiger partial charge < -0.3 is 5.32 Å². The Balaban J connectivity index is 2.57. The number of sulfone groups is 1. The number of benzene rings is 1. The molecule has 0 aromatic heterocycles. The van der Waals surface area contributed by atoms with Crippen molar-refractivity contribution in [3.05, 3.63) is 24.3 Å². The molecule has 4 nitrogen and oxygen atoms in total. The Morgan fingerprint density at radius 3 is 2.47 bits per heavy atom. The lowest BCUT2D eigenvalue weighted by atomic mass is 10.3. The van der Waals surface area contributed by atoms with Gasteiger partial charge in [0.1, 0.15) is 6.04 Å². The molecule has 0 bridgehead atoms. The Morgan fingerprint density at radius 2 is 2.00 bits per heavy atom. The van der Waals surface area contributed by atoms with Crippen LogP contribution < -0.4 is 5.32 Å². The van der Waals surface area contributed by atoms with Gasteiger partial charge in [-0.1, -0.05) is 6.92 Å². The normalized spacial score (nSPS) is 12.9. The summed E-state index contributed by atoms with van der Waals surface area (Å²) in [6.07, 6.45) is 2.18. The summed E-state index contributed by atoms with van der Waals surface area (Å²) in [5.74, 6) is 0.648. The summed E-state index contributed by atoms with van der Waals surface area (Å²) in [6, 6.07) is 8.77. The first-order chi connectivity index (χ1) is 8.97. The van der Waals surface area contributed by atoms with E-state index in [0.29, 0.717) is 10.6 Å². The van der Waals surface area contributed by atoms with Crippen LogP contribution in [0.2, 0.25) is 0 Å². The van der Waals surface area contributed by atoms with Crippen LogP contribution in [0.3, 0.4) is 0 Å². The molecule has 0 fully saturated rings. The number of nitrogens with zero attached hydrogens (tertiary/aromatic N) is 1. The van der Waals surface area contributed by atoms with Crippen LogP contribution >= 0.6 is 11.8 Å². The van der Waals surface area contributed by atoms with Gasteiger partial charge >= 0.3 is 0 Å². The molecule has 0 heterocycles. The summed E-state index contributed by atoms with van der Waals surface area (Å²) in [4.78, 5) is 1.28. The maximum absolute atomic E-state index is 11.3. The van der Waals surface area contributed by atoms with E-state index in [4.69, 9.17) is 5.26 Å². The molecular formula is C13H18N2O2S2. The molecule has 0 radical (unpaired) electrons. The second-order valence-electron chi connectivity index (χ2n) is 4.19. The second kappa shape index (κ2) is 7.53. The van der Waals surface area contributed by atoms with Crippen LogP contribution in [0.5, 0.6) is 0 Å². The molecule has 0 aliphatic heterocycles. The van der Waals surface area contributed by atoms with Crippen LogP contribution in [-0.2, 0) is 9.84 Å². The van der Waals surface area contributed by atoms with Crippen molar-refractivity contribution < 1.29 is 8.42 Å². The average molecular weight is 298 g/mol. The molecular weight excluding hydrogens is 280 g/mol. The number of nitrogens with one attached hydrogen (secondary N) is 1. The standard InChI is InChI=1S/C13H18N2O2S2/c1-3-8-15-11(9-14)10-18-12-4-6-13(7-5-12)19(2,16)17/h4-7,11,15H,3,8,10H2,1-2H3. The van der Waals surface area contributed by atoms with E-state index in [1.54, 1.807) is 36.0 Å².